The molecule has 0 aromatic rings. The van der Waals surface area contributed by atoms with Gasteiger partial charge in [-0.3, -0.25) is 4.74 Å². The zero-order chi connectivity index (χ0) is 17.3. The summed E-state index contributed by atoms with van der Waals surface area (Å²) in [4.78, 5) is 0. The Morgan fingerprint density at radius 2 is 1.43 bits per heavy atom. The van der Waals surface area contributed by atoms with Crippen LogP contribution in [-0.2, 0) is 4.74 Å². The maximum absolute atomic E-state index is 13.5. The van der Waals surface area contributed by atoms with Crippen molar-refractivity contribution in [3.8, 4) is 0 Å². The lowest BCUT2D eigenvalue weighted by Crippen LogP contribution is -2.61. The second-order valence-electron chi connectivity index (χ2n) is 4.27. The van der Waals surface area contributed by atoms with E-state index in [9.17, 15) is 35.8 Å². The number of ether oxygens (including phenoxy) is 1. The summed E-state index contributed by atoms with van der Waals surface area (Å²) < 4.78 is 94.1. The van der Waals surface area contributed by atoms with Crippen LogP contribution in [-0.4, -0.2) is 39.3 Å². The Kier molecular flexibility index (Phi) is 6.52. The van der Waals surface area contributed by atoms with Crippen LogP contribution < -0.4 is 0 Å². The largest absolute Gasteiger partial charge is 0.426 e. The Morgan fingerprint density at radius 3 is 1.76 bits per heavy atom. The highest BCUT2D eigenvalue weighted by Crippen LogP contribution is 2.51. The van der Waals surface area contributed by atoms with Crippen molar-refractivity contribution in [2.75, 3.05) is 5.88 Å². The molecule has 0 fully saturated rings. The van der Waals surface area contributed by atoms with Gasteiger partial charge in [-0.1, -0.05) is 0 Å². The van der Waals surface area contributed by atoms with Gasteiger partial charge >= 0.3 is 22.7 Å². The first-order valence-corrected chi connectivity index (χ1v) is 6.49. The Hall–Kier alpha value is 0.300. The lowest BCUT2D eigenvalue weighted by molar-refractivity contribution is -0.428. The van der Waals surface area contributed by atoms with Crippen molar-refractivity contribution in [3.63, 3.8) is 0 Å². The number of halogens is 10. The van der Waals surface area contributed by atoms with Gasteiger partial charge in [0.15, 0.2) is 0 Å². The van der Waals surface area contributed by atoms with Crippen LogP contribution in [0.2, 0.25) is 0 Å². The highest BCUT2D eigenvalue weighted by atomic mass is 35.5. The summed E-state index contributed by atoms with van der Waals surface area (Å²) >= 11 is 13.5. The molecule has 0 amide bonds. The molecule has 0 saturated heterocycles. The lowest BCUT2D eigenvalue weighted by Gasteiger charge is -2.38. The van der Waals surface area contributed by atoms with Gasteiger partial charge in [0, 0.05) is 5.88 Å². The van der Waals surface area contributed by atoms with Crippen LogP contribution in [0, 0.1) is 0 Å². The van der Waals surface area contributed by atoms with Gasteiger partial charge in [0.25, 0.3) is 0 Å². The zero-order valence-corrected chi connectivity index (χ0v) is 12.5. The molecule has 2 atom stereocenters. The maximum Gasteiger partial charge on any atom is 0.426 e. The van der Waals surface area contributed by atoms with E-state index in [2.05, 4.69) is 27.9 Å². The minimum Gasteiger partial charge on any atom is -0.384 e. The van der Waals surface area contributed by atoms with Gasteiger partial charge < -0.3 is 5.11 Å². The second-order valence-corrected chi connectivity index (χ2v) is 5.61. The Morgan fingerprint density at radius 1 is 1.00 bits per heavy atom. The number of alkyl halides is 10. The van der Waals surface area contributed by atoms with Gasteiger partial charge in [0.2, 0.25) is 0 Å². The first kappa shape index (κ1) is 21.3. The number of hydrogen-bond acceptors (Lipinski definition) is 2. The minimum absolute atomic E-state index is 0.249. The van der Waals surface area contributed by atoms with Crippen molar-refractivity contribution in [1.29, 1.82) is 0 Å². The molecule has 0 heterocycles. The Balaban J connectivity index is 5.38. The molecule has 128 valence electrons. The van der Waals surface area contributed by atoms with Gasteiger partial charge in [-0.2, -0.15) is 30.7 Å². The maximum atomic E-state index is 13.5. The molecule has 0 rings (SSSR count). The molecule has 0 aromatic carbocycles. The van der Waals surface area contributed by atoms with Crippen molar-refractivity contribution < 1.29 is 40.6 Å². The zero-order valence-electron chi connectivity index (χ0n) is 10.3. The quantitative estimate of drug-likeness (QED) is 0.482. The molecule has 21 heavy (non-hydrogen) atoms. The smallest absolute Gasteiger partial charge is 0.384 e. The third-order valence-corrected chi connectivity index (χ3v) is 3.35. The van der Waals surface area contributed by atoms with Crippen LogP contribution in [0.3, 0.4) is 0 Å². The van der Waals surface area contributed by atoms with Crippen molar-refractivity contribution >= 4 is 34.8 Å². The molecule has 2 nitrogen and oxygen atoms in total. The molecular weight excluding hydrogens is 379 g/mol. The third kappa shape index (κ3) is 4.63. The van der Waals surface area contributed by atoms with Gasteiger partial charge in [0.05, 0.1) is 0 Å². The van der Waals surface area contributed by atoms with Crippen molar-refractivity contribution in [1.82, 2.24) is 0 Å². The first-order chi connectivity index (χ1) is 9.02. The molecule has 0 spiro atoms. The highest BCUT2D eigenvalue weighted by Gasteiger charge is 2.72. The molecule has 1 N–H and O–H groups in total. The molecular formula is C9H10Cl3F7O2. The summed E-state index contributed by atoms with van der Waals surface area (Å²) in [6.45, 7) is 0.282. The monoisotopic (exact) mass is 388 g/mol. The predicted molar refractivity (Wildman–Crippen MR) is 62.0 cm³/mol. The fourth-order valence-electron chi connectivity index (χ4n) is 1.16. The van der Waals surface area contributed by atoms with Crippen LogP contribution >= 0.6 is 34.8 Å². The minimum atomic E-state index is -5.88. The highest BCUT2D eigenvalue weighted by molar-refractivity contribution is 6.31. The average molecular weight is 390 g/mol. The first-order valence-electron chi connectivity index (χ1n) is 5.20. The van der Waals surface area contributed by atoms with Gasteiger partial charge in [-0.05, 0) is 43.0 Å². The van der Waals surface area contributed by atoms with E-state index < -0.39 is 34.7 Å². The van der Waals surface area contributed by atoms with E-state index in [0.717, 1.165) is 0 Å². The average Bonchev–Trinajstić information content (AvgIpc) is 2.22. The topological polar surface area (TPSA) is 29.5 Å². The molecule has 0 aliphatic rings. The van der Waals surface area contributed by atoms with Crippen LogP contribution in [0.4, 0.5) is 30.7 Å². The number of aliphatic hydroxyl groups is 1. The summed E-state index contributed by atoms with van der Waals surface area (Å²) in [6, 6.07) is 0. The van der Waals surface area contributed by atoms with E-state index in [-0.39, 0.29) is 19.2 Å². The second kappa shape index (κ2) is 6.43. The molecule has 0 aromatic heterocycles. The molecule has 2 unspecified atom stereocenters. The molecule has 0 aliphatic carbocycles. The molecule has 0 aliphatic heterocycles. The summed E-state index contributed by atoms with van der Waals surface area (Å²) in [5.74, 6) is -5.71. The summed E-state index contributed by atoms with van der Waals surface area (Å²) in [5.41, 5.74) is -3.43. The van der Waals surface area contributed by atoms with E-state index in [0.29, 0.717) is 0 Å². The van der Waals surface area contributed by atoms with Gasteiger partial charge in [-0.25, -0.2) is 0 Å². The van der Waals surface area contributed by atoms with Crippen LogP contribution in [0.15, 0.2) is 0 Å². The standard InChI is InChI=1S/C9H10Cl3F7O2/c1-5(20,3-2-4-10)6(13,14)9(18,19)21-8(12,17)7(11,15)16/h20H,2-4H2,1H3. The van der Waals surface area contributed by atoms with E-state index in [1.807, 2.05) is 0 Å². The van der Waals surface area contributed by atoms with Crippen molar-refractivity contribution in [2.45, 2.75) is 48.1 Å². The molecule has 12 heteroatoms. The normalized spacial score (nSPS) is 20.0. The van der Waals surface area contributed by atoms with E-state index in [1.165, 1.54) is 0 Å². The van der Waals surface area contributed by atoms with Crippen molar-refractivity contribution in [3.05, 3.63) is 0 Å². The fourth-order valence-corrected chi connectivity index (χ4v) is 1.43. The molecule has 0 radical (unpaired) electrons. The Bertz CT molecular complexity index is 358. The van der Waals surface area contributed by atoms with Crippen LogP contribution in [0.5, 0.6) is 0 Å². The fraction of sp³-hybridized carbons (Fsp3) is 1.00. The van der Waals surface area contributed by atoms with Gasteiger partial charge in [0.1, 0.15) is 5.60 Å². The third-order valence-electron chi connectivity index (χ3n) is 2.43. The number of rotatable bonds is 8. The summed E-state index contributed by atoms with van der Waals surface area (Å²) in [5, 5.41) is -0.993. The SMILES string of the molecule is CC(O)(CCCCl)C(F)(F)C(F)(F)OC(F)(Cl)C(F)(F)Cl. The molecule has 0 bridgehead atoms. The molecule has 0 saturated carbocycles. The van der Waals surface area contributed by atoms with Gasteiger partial charge in [-0.15, -0.1) is 11.6 Å². The lowest BCUT2D eigenvalue weighted by atomic mass is 9.92. The summed E-state index contributed by atoms with van der Waals surface area (Å²) in [6.07, 6.45) is -7.13. The van der Waals surface area contributed by atoms with Crippen molar-refractivity contribution in [2.24, 2.45) is 0 Å². The Labute approximate surface area is 130 Å². The number of hydrogen-bond donors (Lipinski definition) is 1. The van der Waals surface area contributed by atoms with E-state index in [1.54, 1.807) is 0 Å². The van der Waals surface area contributed by atoms with Crippen LogP contribution in [0.25, 0.3) is 0 Å². The summed E-state index contributed by atoms with van der Waals surface area (Å²) in [7, 11) is 0. The van der Waals surface area contributed by atoms with E-state index in [4.69, 9.17) is 11.6 Å². The van der Waals surface area contributed by atoms with E-state index >= 15 is 0 Å². The predicted octanol–water partition coefficient (Wildman–Crippen LogP) is 4.69. The van der Waals surface area contributed by atoms with Crippen LogP contribution in [0.1, 0.15) is 19.8 Å².